The molecule has 21 heavy (non-hydrogen) atoms. The standard InChI is InChI=1S/C15H19ClN2O3/c1-10-2-5-12(8-10)17-15(21)18(9-14(19)20)13-6-3-11(16)4-7-13/h3-4,6-7,10,12H,2,5,8-9H2,1H3,(H,17,21)(H,19,20). The minimum atomic E-state index is -1.06. The van der Waals surface area contributed by atoms with Crippen molar-refractivity contribution >= 4 is 29.3 Å². The van der Waals surface area contributed by atoms with E-state index in [1.54, 1.807) is 24.3 Å². The molecular weight excluding hydrogens is 292 g/mol. The number of carboxylic acid groups (broad SMARTS) is 1. The van der Waals surface area contributed by atoms with Crippen molar-refractivity contribution in [2.75, 3.05) is 11.4 Å². The normalized spacial score (nSPS) is 21.0. The highest BCUT2D eigenvalue weighted by molar-refractivity contribution is 6.30. The number of urea groups is 1. The lowest BCUT2D eigenvalue weighted by Crippen LogP contribution is -2.46. The van der Waals surface area contributed by atoms with Gasteiger partial charge in [0.25, 0.3) is 0 Å². The molecule has 2 rings (SSSR count). The molecule has 1 aliphatic rings. The molecule has 6 heteroatoms. The molecule has 2 atom stereocenters. The van der Waals surface area contributed by atoms with Crippen molar-refractivity contribution in [1.29, 1.82) is 0 Å². The maximum Gasteiger partial charge on any atom is 0.323 e. The van der Waals surface area contributed by atoms with Crippen molar-refractivity contribution in [1.82, 2.24) is 5.32 Å². The molecule has 1 fully saturated rings. The monoisotopic (exact) mass is 310 g/mol. The molecular formula is C15H19ClN2O3. The maximum atomic E-state index is 12.3. The van der Waals surface area contributed by atoms with Crippen molar-refractivity contribution in [3.8, 4) is 0 Å². The second-order valence-corrected chi connectivity index (χ2v) is 5.96. The van der Waals surface area contributed by atoms with E-state index in [0.717, 1.165) is 19.3 Å². The number of aliphatic carboxylic acids is 1. The van der Waals surface area contributed by atoms with E-state index in [2.05, 4.69) is 12.2 Å². The Morgan fingerprint density at radius 2 is 2.00 bits per heavy atom. The summed E-state index contributed by atoms with van der Waals surface area (Å²) in [5.74, 6) is -0.460. The predicted octanol–water partition coefficient (Wildman–Crippen LogP) is 3.13. The van der Waals surface area contributed by atoms with Gasteiger partial charge in [-0.3, -0.25) is 9.69 Å². The first kappa shape index (κ1) is 15.6. The van der Waals surface area contributed by atoms with E-state index in [1.165, 1.54) is 4.90 Å². The second-order valence-electron chi connectivity index (χ2n) is 5.52. The third kappa shape index (κ3) is 4.36. The highest BCUT2D eigenvalue weighted by Crippen LogP contribution is 2.25. The van der Waals surface area contributed by atoms with Crippen molar-refractivity contribution < 1.29 is 14.7 Å². The van der Waals surface area contributed by atoms with Gasteiger partial charge in [-0.2, -0.15) is 0 Å². The quantitative estimate of drug-likeness (QED) is 0.897. The number of anilines is 1. The van der Waals surface area contributed by atoms with Gasteiger partial charge in [0.2, 0.25) is 0 Å². The zero-order valence-corrected chi connectivity index (χ0v) is 12.6. The summed E-state index contributed by atoms with van der Waals surface area (Å²) in [6.45, 7) is 1.77. The number of halogens is 1. The summed E-state index contributed by atoms with van der Waals surface area (Å²) in [5.41, 5.74) is 0.519. The topological polar surface area (TPSA) is 69.6 Å². The average molecular weight is 311 g/mol. The molecule has 114 valence electrons. The van der Waals surface area contributed by atoms with Gasteiger partial charge in [0.15, 0.2) is 0 Å². The Morgan fingerprint density at radius 3 is 2.52 bits per heavy atom. The molecule has 2 N–H and O–H groups in total. The van der Waals surface area contributed by atoms with Crippen LogP contribution in [0.1, 0.15) is 26.2 Å². The summed E-state index contributed by atoms with van der Waals surface area (Å²) in [4.78, 5) is 24.6. The van der Waals surface area contributed by atoms with Crippen LogP contribution in [-0.2, 0) is 4.79 Å². The van der Waals surface area contributed by atoms with E-state index in [4.69, 9.17) is 16.7 Å². The van der Waals surface area contributed by atoms with Crippen LogP contribution in [0.3, 0.4) is 0 Å². The van der Waals surface area contributed by atoms with E-state index >= 15 is 0 Å². The van der Waals surface area contributed by atoms with Crippen LogP contribution < -0.4 is 10.2 Å². The molecule has 2 amide bonds. The fourth-order valence-corrected chi connectivity index (χ4v) is 2.75. The van der Waals surface area contributed by atoms with Gasteiger partial charge in [0.1, 0.15) is 6.54 Å². The zero-order valence-electron chi connectivity index (χ0n) is 11.9. The molecule has 1 aliphatic carbocycles. The van der Waals surface area contributed by atoms with Gasteiger partial charge in [-0.25, -0.2) is 4.79 Å². The fourth-order valence-electron chi connectivity index (χ4n) is 2.63. The van der Waals surface area contributed by atoms with Crippen molar-refractivity contribution in [3.05, 3.63) is 29.3 Å². The molecule has 0 heterocycles. The molecule has 0 aliphatic heterocycles. The Bertz CT molecular complexity index is 518. The molecule has 1 saturated carbocycles. The summed E-state index contributed by atoms with van der Waals surface area (Å²) in [5, 5.41) is 12.5. The third-order valence-electron chi connectivity index (χ3n) is 3.70. The number of nitrogens with one attached hydrogen (secondary N) is 1. The number of amides is 2. The zero-order chi connectivity index (χ0) is 15.4. The lowest BCUT2D eigenvalue weighted by molar-refractivity contribution is -0.135. The second kappa shape index (κ2) is 6.80. The Kier molecular flexibility index (Phi) is 5.07. The molecule has 5 nitrogen and oxygen atoms in total. The van der Waals surface area contributed by atoms with E-state index in [-0.39, 0.29) is 18.6 Å². The number of hydrogen-bond donors (Lipinski definition) is 2. The first-order chi connectivity index (χ1) is 9.95. The van der Waals surface area contributed by atoms with Crippen molar-refractivity contribution in [2.45, 2.75) is 32.2 Å². The van der Waals surface area contributed by atoms with Gasteiger partial charge >= 0.3 is 12.0 Å². The number of carbonyl (C=O) groups excluding carboxylic acids is 1. The third-order valence-corrected chi connectivity index (χ3v) is 3.95. The molecule has 0 bridgehead atoms. The number of carbonyl (C=O) groups is 2. The first-order valence-corrected chi connectivity index (χ1v) is 7.39. The summed E-state index contributed by atoms with van der Waals surface area (Å²) >= 11 is 5.82. The van der Waals surface area contributed by atoms with E-state index in [1.807, 2.05) is 0 Å². The summed E-state index contributed by atoms with van der Waals surface area (Å²) in [7, 11) is 0. The van der Waals surface area contributed by atoms with Crippen molar-refractivity contribution in [3.63, 3.8) is 0 Å². The van der Waals surface area contributed by atoms with Crippen molar-refractivity contribution in [2.24, 2.45) is 5.92 Å². The number of hydrogen-bond acceptors (Lipinski definition) is 2. The Morgan fingerprint density at radius 1 is 1.33 bits per heavy atom. The smallest absolute Gasteiger partial charge is 0.323 e. The largest absolute Gasteiger partial charge is 0.480 e. The van der Waals surface area contributed by atoms with E-state index < -0.39 is 5.97 Å². The molecule has 2 unspecified atom stereocenters. The predicted molar refractivity (Wildman–Crippen MR) is 81.8 cm³/mol. The van der Waals surface area contributed by atoms with Crippen LogP contribution in [0.25, 0.3) is 0 Å². The molecule has 1 aromatic rings. The van der Waals surface area contributed by atoms with Crippen LogP contribution in [0.15, 0.2) is 24.3 Å². The summed E-state index contributed by atoms with van der Waals surface area (Å²) in [6, 6.07) is 6.30. The van der Waals surface area contributed by atoms with Gasteiger partial charge in [-0.05, 0) is 49.4 Å². The SMILES string of the molecule is CC1CCC(NC(=O)N(CC(=O)O)c2ccc(Cl)cc2)C1. The van der Waals surface area contributed by atoms with Gasteiger partial charge in [0.05, 0.1) is 0 Å². The lowest BCUT2D eigenvalue weighted by atomic mass is 10.1. The molecule has 0 spiro atoms. The highest BCUT2D eigenvalue weighted by atomic mass is 35.5. The Labute approximate surface area is 128 Å². The molecule has 1 aromatic carbocycles. The minimum absolute atomic E-state index is 0.121. The average Bonchev–Trinajstić information content (AvgIpc) is 2.82. The van der Waals surface area contributed by atoms with Crippen LogP contribution >= 0.6 is 11.6 Å². The lowest BCUT2D eigenvalue weighted by Gasteiger charge is -2.23. The highest BCUT2D eigenvalue weighted by Gasteiger charge is 2.26. The number of nitrogens with zero attached hydrogens (tertiary/aromatic N) is 1. The number of rotatable bonds is 4. The molecule has 0 aromatic heterocycles. The van der Waals surface area contributed by atoms with Gasteiger partial charge in [-0.1, -0.05) is 18.5 Å². The van der Waals surface area contributed by atoms with Gasteiger partial charge in [-0.15, -0.1) is 0 Å². The molecule has 0 radical (unpaired) electrons. The number of carboxylic acids is 1. The van der Waals surface area contributed by atoms with Gasteiger partial charge < -0.3 is 10.4 Å². The summed E-state index contributed by atoms with van der Waals surface area (Å²) < 4.78 is 0. The Hall–Kier alpha value is -1.75. The minimum Gasteiger partial charge on any atom is -0.480 e. The van der Waals surface area contributed by atoms with Crippen LogP contribution in [-0.4, -0.2) is 29.7 Å². The van der Waals surface area contributed by atoms with Gasteiger partial charge in [0, 0.05) is 16.8 Å². The van der Waals surface area contributed by atoms with Crippen LogP contribution in [0, 0.1) is 5.92 Å². The Balaban J connectivity index is 2.09. The van der Waals surface area contributed by atoms with E-state index in [9.17, 15) is 9.59 Å². The molecule has 0 saturated heterocycles. The van der Waals surface area contributed by atoms with Crippen LogP contribution in [0.5, 0.6) is 0 Å². The first-order valence-electron chi connectivity index (χ1n) is 7.01. The number of benzene rings is 1. The maximum absolute atomic E-state index is 12.3. The fraction of sp³-hybridized carbons (Fsp3) is 0.467. The van der Waals surface area contributed by atoms with Crippen LogP contribution in [0.4, 0.5) is 10.5 Å². The summed E-state index contributed by atoms with van der Waals surface area (Å²) in [6.07, 6.45) is 2.96. The van der Waals surface area contributed by atoms with E-state index in [0.29, 0.717) is 16.6 Å². The van der Waals surface area contributed by atoms with Crippen LogP contribution in [0.2, 0.25) is 5.02 Å².